The molecule has 1 fully saturated rings. The van der Waals surface area contributed by atoms with E-state index in [1.54, 1.807) is 0 Å². The number of nitrogens with zero attached hydrogens (tertiary/aromatic N) is 1. The summed E-state index contributed by atoms with van der Waals surface area (Å²) in [5.41, 5.74) is 2.61. The molecule has 0 bridgehead atoms. The zero-order chi connectivity index (χ0) is 19.3. The van der Waals surface area contributed by atoms with Gasteiger partial charge in [-0.25, -0.2) is 4.98 Å². The van der Waals surface area contributed by atoms with E-state index in [-0.39, 0.29) is 29.2 Å². The van der Waals surface area contributed by atoms with Crippen molar-refractivity contribution < 1.29 is 9.59 Å². The summed E-state index contributed by atoms with van der Waals surface area (Å²) in [4.78, 5) is 35.2. The third-order valence-corrected chi connectivity index (χ3v) is 5.38. The largest absolute Gasteiger partial charge is 0.361 e. The molecule has 0 radical (unpaired) electrons. The first-order valence-electron chi connectivity index (χ1n) is 9.90. The molecule has 1 aliphatic carbocycles. The van der Waals surface area contributed by atoms with Crippen LogP contribution in [0.15, 0.2) is 36.8 Å². The lowest BCUT2D eigenvalue weighted by Gasteiger charge is -2.22. The molecule has 2 aromatic heterocycles. The van der Waals surface area contributed by atoms with E-state index in [9.17, 15) is 9.59 Å². The van der Waals surface area contributed by atoms with Crippen molar-refractivity contribution >= 4 is 22.7 Å². The van der Waals surface area contributed by atoms with Crippen LogP contribution in [-0.2, 0) is 6.42 Å². The van der Waals surface area contributed by atoms with Gasteiger partial charge in [-0.1, -0.05) is 37.5 Å². The number of hydrogen-bond acceptors (Lipinski definition) is 3. The summed E-state index contributed by atoms with van der Waals surface area (Å²) in [5.74, 6) is -0.596. The number of aromatic amines is 2. The molecule has 146 valence electrons. The second-order valence-corrected chi connectivity index (χ2v) is 7.30. The fourth-order valence-electron chi connectivity index (χ4n) is 3.88. The van der Waals surface area contributed by atoms with Crippen molar-refractivity contribution in [1.82, 2.24) is 25.6 Å². The van der Waals surface area contributed by atoms with E-state index < -0.39 is 0 Å². The number of para-hydroxylation sites is 1. The number of aromatic nitrogens is 3. The van der Waals surface area contributed by atoms with Gasteiger partial charge in [0.1, 0.15) is 5.69 Å². The minimum atomic E-state index is -0.314. The van der Waals surface area contributed by atoms with Gasteiger partial charge < -0.3 is 20.6 Å². The van der Waals surface area contributed by atoms with Crippen LogP contribution in [0.2, 0.25) is 0 Å². The lowest BCUT2D eigenvalue weighted by atomic mass is 9.95. The van der Waals surface area contributed by atoms with E-state index >= 15 is 0 Å². The van der Waals surface area contributed by atoms with Gasteiger partial charge in [0.15, 0.2) is 5.69 Å². The number of H-pyrrole nitrogens is 2. The van der Waals surface area contributed by atoms with Crippen LogP contribution >= 0.6 is 0 Å². The molecule has 1 aromatic carbocycles. The lowest BCUT2D eigenvalue weighted by molar-refractivity contribution is 0.0898. The van der Waals surface area contributed by atoms with Crippen LogP contribution in [-0.4, -0.2) is 39.4 Å². The van der Waals surface area contributed by atoms with E-state index in [1.807, 2.05) is 24.4 Å². The number of carbonyl (C=O) groups excluding carboxylic acids is 2. The molecular weight excluding hydrogens is 354 g/mol. The number of hydrogen-bond donors (Lipinski definition) is 4. The van der Waals surface area contributed by atoms with Crippen LogP contribution < -0.4 is 10.6 Å². The minimum Gasteiger partial charge on any atom is -0.361 e. The van der Waals surface area contributed by atoms with Crippen molar-refractivity contribution in [3.63, 3.8) is 0 Å². The number of benzene rings is 1. The second-order valence-electron chi connectivity index (χ2n) is 7.30. The van der Waals surface area contributed by atoms with Crippen LogP contribution in [0.4, 0.5) is 0 Å². The van der Waals surface area contributed by atoms with Crippen LogP contribution in [0.25, 0.3) is 10.9 Å². The maximum atomic E-state index is 12.5. The molecule has 2 heterocycles. The smallest absolute Gasteiger partial charge is 0.272 e. The van der Waals surface area contributed by atoms with Gasteiger partial charge in [0.05, 0.1) is 6.33 Å². The molecule has 1 aliphatic rings. The van der Waals surface area contributed by atoms with Crippen LogP contribution in [0.1, 0.15) is 58.6 Å². The van der Waals surface area contributed by atoms with Crippen LogP contribution in [0.3, 0.4) is 0 Å². The molecule has 1 saturated carbocycles. The number of amides is 2. The topological polar surface area (TPSA) is 103 Å². The van der Waals surface area contributed by atoms with Gasteiger partial charge >= 0.3 is 0 Å². The summed E-state index contributed by atoms with van der Waals surface area (Å²) >= 11 is 0. The molecule has 3 aromatic rings. The fraction of sp³-hybridized carbons (Fsp3) is 0.381. The standard InChI is InChI=1S/C21H25N5O2/c27-20(22-11-10-14-12-23-17-9-5-4-8-16(14)17)18-19(25-13-24-18)21(28)26-15-6-2-1-3-7-15/h4-5,8-9,12-13,15,23H,1-3,6-7,10-11H2,(H,22,27)(H,24,25)(H,26,28). The SMILES string of the molecule is O=C(NC1CCCCC1)c1nc[nH]c1C(=O)NCCc1c[nH]c2ccccc12. The molecule has 4 N–H and O–H groups in total. The number of nitrogens with one attached hydrogen (secondary N) is 4. The molecular formula is C21H25N5O2. The highest BCUT2D eigenvalue weighted by Gasteiger charge is 2.23. The summed E-state index contributed by atoms with van der Waals surface area (Å²) < 4.78 is 0. The third-order valence-electron chi connectivity index (χ3n) is 5.38. The molecule has 4 rings (SSSR count). The van der Waals surface area contributed by atoms with E-state index in [1.165, 1.54) is 12.7 Å². The number of fused-ring (bicyclic) bond motifs is 1. The van der Waals surface area contributed by atoms with E-state index in [0.29, 0.717) is 13.0 Å². The Hall–Kier alpha value is -3.09. The lowest BCUT2D eigenvalue weighted by Crippen LogP contribution is -2.37. The first kappa shape index (κ1) is 18.3. The van der Waals surface area contributed by atoms with Crippen molar-refractivity contribution in [2.75, 3.05) is 6.54 Å². The van der Waals surface area contributed by atoms with Gasteiger partial charge in [0.25, 0.3) is 11.8 Å². The Morgan fingerprint density at radius 2 is 1.89 bits per heavy atom. The Balaban J connectivity index is 1.35. The third kappa shape index (κ3) is 3.93. The molecule has 0 atom stereocenters. The van der Waals surface area contributed by atoms with Crippen molar-refractivity contribution in [2.45, 2.75) is 44.6 Å². The van der Waals surface area contributed by atoms with Crippen LogP contribution in [0, 0.1) is 0 Å². The summed E-state index contributed by atoms with van der Waals surface area (Å²) in [5, 5.41) is 7.05. The molecule has 0 saturated heterocycles. The highest BCUT2D eigenvalue weighted by Crippen LogP contribution is 2.19. The fourth-order valence-corrected chi connectivity index (χ4v) is 3.88. The summed E-state index contributed by atoms with van der Waals surface area (Å²) in [6, 6.07) is 8.25. The summed E-state index contributed by atoms with van der Waals surface area (Å²) in [6.45, 7) is 0.476. The summed E-state index contributed by atoms with van der Waals surface area (Å²) in [6.07, 6.45) is 9.52. The van der Waals surface area contributed by atoms with Crippen molar-refractivity contribution in [3.05, 3.63) is 53.7 Å². The van der Waals surface area contributed by atoms with E-state index in [0.717, 1.165) is 42.1 Å². The molecule has 7 heteroatoms. The molecule has 7 nitrogen and oxygen atoms in total. The maximum absolute atomic E-state index is 12.5. The number of carbonyl (C=O) groups is 2. The van der Waals surface area contributed by atoms with Gasteiger partial charge in [-0.15, -0.1) is 0 Å². The first-order valence-corrected chi connectivity index (χ1v) is 9.90. The number of rotatable bonds is 6. The van der Waals surface area contributed by atoms with E-state index in [2.05, 4.69) is 31.7 Å². The highest BCUT2D eigenvalue weighted by atomic mass is 16.2. The zero-order valence-corrected chi connectivity index (χ0v) is 15.8. The monoisotopic (exact) mass is 379 g/mol. The predicted molar refractivity (Wildman–Crippen MR) is 107 cm³/mol. The van der Waals surface area contributed by atoms with Crippen molar-refractivity contribution in [3.8, 4) is 0 Å². The summed E-state index contributed by atoms with van der Waals surface area (Å²) in [7, 11) is 0. The molecule has 0 aliphatic heterocycles. The van der Waals surface area contributed by atoms with Gasteiger partial charge in [-0.05, 0) is 30.9 Å². The van der Waals surface area contributed by atoms with Crippen molar-refractivity contribution in [1.29, 1.82) is 0 Å². The molecule has 28 heavy (non-hydrogen) atoms. The molecule has 0 unspecified atom stereocenters. The number of imidazole rings is 1. The maximum Gasteiger partial charge on any atom is 0.272 e. The highest BCUT2D eigenvalue weighted by molar-refractivity contribution is 6.04. The minimum absolute atomic E-state index is 0.162. The Bertz CT molecular complexity index is 968. The molecule has 0 spiro atoms. The van der Waals surface area contributed by atoms with Gasteiger partial charge in [0, 0.05) is 29.7 Å². The zero-order valence-electron chi connectivity index (χ0n) is 15.8. The Kier molecular flexibility index (Phi) is 5.41. The van der Waals surface area contributed by atoms with Crippen LogP contribution in [0.5, 0.6) is 0 Å². The average Bonchev–Trinajstić information content (AvgIpc) is 3.36. The van der Waals surface area contributed by atoms with E-state index in [4.69, 9.17) is 0 Å². The average molecular weight is 379 g/mol. The van der Waals surface area contributed by atoms with Crippen molar-refractivity contribution in [2.24, 2.45) is 0 Å². The Labute approximate surface area is 163 Å². The predicted octanol–water partition coefficient (Wildman–Crippen LogP) is 2.93. The first-order chi connectivity index (χ1) is 13.7. The quantitative estimate of drug-likeness (QED) is 0.529. The van der Waals surface area contributed by atoms with Gasteiger partial charge in [0.2, 0.25) is 0 Å². The Morgan fingerprint density at radius 3 is 2.75 bits per heavy atom. The Morgan fingerprint density at radius 1 is 1.07 bits per heavy atom. The van der Waals surface area contributed by atoms with Gasteiger partial charge in [-0.2, -0.15) is 0 Å². The van der Waals surface area contributed by atoms with Gasteiger partial charge in [-0.3, -0.25) is 9.59 Å². The second kappa shape index (κ2) is 8.29. The normalized spacial score (nSPS) is 14.9. The molecule has 2 amide bonds.